The molecule has 1 heterocycles. The number of hydrogen-bond donors (Lipinski definition) is 0. The van der Waals surface area contributed by atoms with Crippen LogP contribution in [0.5, 0.6) is 0 Å². The number of hydrogen-bond acceptors (Lipinski definition) is 4. The summed E-state index contributed by atoms with van der Waals surface area (Å²) in [6.45, 7) is 6.25. The molecule has 1 aliphatic rings. The molecule has 96 valence electrons. The Kier molecular flexibility index (Phi) is 5.52. The van der Waals surface area contributed by atoms with Gasteiger partial charge in [-0.15, -0.1) is 0 Å². The van der Waals surface area contributed by atoms with Gasteiger partial charge in [0.1, 0.15) is 12.6 Å². The van der Waals surface area contributed by atoms with Crippen molar-refractivity contribution in [3.63, 3.8) is 0 Å². The summed E-state index contributed by atoms with van der Waals surface area (Å²) < 4.78 is 9.91. The molecule has 1 aliphatic heterocycles. The fourth-order valence-corrected chi connectivity index (χ4v) is 1.85. The van der Waals surface area contributed by atoms with E-state index in [2.05, 4.69) is 6.58 Å². The first-order valence-corrected chi connectivity index (χ1v) is 5.91. The standard InChI is InChI=1S/C12H19NO4/c1-3-9-17-12(15)13-8-6-5-7-10(13)11(14)16-4-2/h3,10H,1,4-9H2,2H3. The van der Waals surface area contributed by atoms with E-state index in [0.29, 0.717) is 19.6 Å². The van der Waals surface area contributed by atoms with E-state index in [1.807, 2.05) is 0 Å². The summed E-state index contributed by atoms with van der Waals surface area (Å²) in [6.07, 6.45) is 3.49. The predicted octanol–water partition coefficient (Wildman–Crippen LogP) is 1.73. The molecule has 0 saturated carbocycles. The van der Waals surface area contributed by atoms with Crippen LogP contribution in [0.1, 0.15) is 26.2 Å². The third-order valence-electron chi connectivity index (χ3n) is 2.62. The molecular formula is C12H19NO4. The molecule has 17 heavy (non-hydrogen) atoms. The molecule has 0 aromatic carbocycles. The van der Waals surface area contributed by atoms with Gasteiger partial charge in [-0.3, -0.25) is 4.90 Å². The SMILES string of the molecule is C=CCOC(=O)N1CCCCC1C(=O)OCC. The normalized spacial score (nSPS) is 19.6. The fraction of sp³-hybridized carbons (Fsp3) is 0.667. The number of amides is 1. The number of ether oxygens (including phenoxy) is 2. The molecule has 0 spiro atoms. The minimum atomic E-state index is -0.499. The van der Waals surface area contributed by atoms with E-state index < -0.39 is 12.1 Å². The van der Waals surface area contributed by atoms with Crippen molar-refractivity contribution in [2.45, 2.75) is 32.2 Å². The molecule has 1 amide bonds. The molecule has 1 saturated heterocycles. The molecule has 1 rings (SSSR count). The van der Waals surface area contributed by atoms with Gasteiger partial charge in [0.2, 0.25) is 0 Å². The minimum absolute atomic E-state index is 0.158. The van der Waals surface area contributed by atoms with Gasteiger partial charge in [-0.05, 0) is 26.2 Å². The quantitative estimate of drug-likeness (QED) is 0.555. The summed E-state index contributed by atoms with van der Waals surface area (Å²) in [5.41, 5.74) is 0. The Balaban J connectivity index is 2.61. The topological polar surface area (TPSA) is 55.8 Å². The number of rotatable bonds is 4. The van der Waals surface area contributed by atoms with Crippen LogP contribution < -0.4 is 0 Å². The molecule has 1 atom stereocenters. The highest BCUT2D eigenvalue weighted by Gasteiger charge is 2.33. The third-order valence-corrected chi connectivity index (χ3v) is 2.62. The zero-order valence-corrected chi connectivity index (χ0v) is 10.2. The number of nitrogens with zero attached hydrogens (tertiary/aromatic N) is 1. The van der Waals surface area contributed by atoms with E-state index in [4.69, 9.17) is 9.47 Å². The number of carbonyl (C=O) groups excluding carboxylic acids is 2. The van der Waals surface area contributed by atoms with E-state index in [-0.39, 0.29) is 12.6 Å². The summed E-state index contributed by atoms with van der Waals surface area (Å²) in [7, 11) is 0. The number of carbonyl (C=O) groups is 2. The summed E-state index contributed by atoms with van der Waals surface area (Å²) in [6, 6.07) is -0.499. The Hall–Kier alpha value is -1.52. The van der Waals surface area contributed by atoms with Gasteiger partial charge >= 0.3 is 12.1 Å². The van der Waals surface area contributed by atoms with Crippen molar-refractivity contribution in [3.05, 3.63) is 12.7 Å². The molecular weight excluding hydrogens is 222 g/mol. The second kappa shape index (κ2) is 6.93. The second-order valence-electron chi connectivity index (χ2n) is 3.82. The average molecular weight is 241 g/mol. The summed E-state index contributed by atoms with van der Waals surface area (Å²) in [4.78, 5) is 24.9. The maximum Gasteiger partial charge on any atom is 0.410 e. The van der Waals surface area contributed by atoms with Crippen molar-refractivity contribution in [1.82, 2.24) is 4.90 Å². The molecule has 0 radical (unpaired) electrons. The van der Waals surface area contributed by atoms with Crippen molar-refractivity contribution in [3.8, 4) is 0 Å². The second-order valence-corrected chi connectivity index (χ2v) is 3.82. The van der Waals surface area contributed by atoms with Gasteiger partial charge in [-0.25, -0.2) is 9.59 Å². The molecule has 5 heteroatoms. The lowest BCUT2D eigenvalue weighted by Crippen LogP contribution is -2.48. The Morgan fingerprint density at radius 2 is 2.18 bits per heavy atom. The van der Waals surface area contributed by atoms with Crippen molar-refractivity contribution in [2.24, 2.45) is 0 Å². The van der Waals surface area contributed by atoms with Gasteiger partial charge in [0.05, 0.1) is 6.61 Å². The Labute approximate surface area is 101 Å². The lowest BCUT2D eigenvalue weighted by molar-refractivity contribution is -0.150. The summed E-state index contributed by atoms with van der Waals surface area (Å²) in [5.74, 6) is -0.345. The lowest BCUT2D eigenvalue weighted by Gasteiger charge is -2.32. The van der Waals surface area contributed by atoms with Crippen LogP contribution in [-0.2, 0) is 14.3 Å². The van der Waals surface area contributed by atoms with E-state index in [9.17, 15) is 9.59 Å². The van der Waals surface area contributed by atoms with Crippen LogP contribution in [0.2, 0.25) is 0 Å². The van der Waals surface area contributed by atoms with Crippen molar-refractivity contribution >= 4 is 12.1 Å². The smallest absolute Gasteiger partial charge is 0.410 e. The van der Waals surface area contributed by atoms with E-state index in [0.717, 1.165) is 12.8 Å². The molecule has 5 nitrogen and oxygen atoms in total. The van der Waals surface area contributed by atoms with Crippen molar-refractivity contribution in [1.29, 1.82) is 0 Å². The lowest BCUT2D eigenvalue weighted by atomic mass is 10.0. The molecule has 1 fully saturated rings. The van der Waals surface area contributed by atoms with Gasteiger partial charge in [0, 0.05) is 6.54 Å². The Bertz CT molecular complexity index is 290. The van der Waals surface area contributed by atoms with E-state index in [1.165, 1.54) is 11.0 Å². The van der Waals surface area contributed by atoms with Crippen LogP contribution in [0.3, 0.4) is 0 Å². The largest absolute Gasteiger partial charge is 0.464 e. The van der Waals surface area contributed by atoms with Crippen LogP contribution in [0.15, 0.2) is 12.7 Å². The van der Waals surface area contributed by atoms with Crippen molar-refractivity contribution < 1.29 is 19.1 Å². The van der Waals surface area contributed by atoms with Gasteiger partial charge in [0.25, 0.3) is 0 Å². The maximum absolute atomic E-state index is 11.7. The van der Waals surface area contributed by atoms with Crippen molar-refractivity contribution in [2.75, 3.05) is 19.8 Å². The fourth-order valence-electron chi connectivity index (χ4n) is 1.85. The van der Waals surface area contributed by atoms with Gasteiger partial charge < -0.3 is 9.47 Å². The Morgan fingerprint density at radius 3 is 2.82 bits per heavy atom. The number of piperidine rings is 1. The molecule has 0 N–H and O–H groups in total. The highest BCUT2D eigenvalue weighted by Crippen LogP contribution is 2.19. The molecule has 0 aromatic rings. The minimum Gasteiger partial charge on any atom is -0.464 e. The number of likely N-dealkylation sites (tertiary alicyclic amines) is 1. The zero-order valence-electron chi connectivity index (χ0n) is 10.2. The summed E-state index contributed by atoms with van der Waals surface area (Å²) >= 11 is 0. The summed E-state index contributed by atoms with van der Waals surface area (Å²) in [5, 5.41) is 0. The van der Waals surface area contributed by atoms with E-state index >= 15 is 0 Å². The zero-order chi connectivity index (χ0) is 12.7. The highest BCUT2D eigenvalue weighted by atomic mass is 16.6. The van der Waals surface area contributed by atoms with Crippen LogP contribution >= 0.6 is 0 Å². The first-order valence-electron chi connectivity index (χ1n) is 5.91. The van der Waals surface area contributed by atoms with E-state index in [1.54, 1.807) is 6.92 Å². The van der Waals surface area contributed by atoms with Crippen LogP contribution in [0, 0.1) is 0 Å². The first-order chi connectivity index (χ1) is 8.20. The van der Waals surface area contributed by atoms with Gasteiger partial charge in [-0.1, -0.05) is 12.7 Å². The highest BCUT2D eigenvalue weighted by molar-refractivity contribution is 5.81. The monoisotopic (exact) mass is 241 g/mol. The van der Waals surface area contributed by atoms with Gasteiger partial charge in [-0.2, -0.15) is 0 Å². The van der Waals surface area contributed by atoms with Gasteiger partial charge in [0.15, 0.2) is 0 Å². The third kappa shape index (κ3) is 3.76. The molecule has 0 bridgehead atoms. The Morgan fingerprint density at radius 1 is 1.41 bits per heavy atom. The van der Waals surface area contributed by atoms with Crippen LogP contribution in [0.25, 0.3) is 0 Å². The first kappa shape index (κ1) is 13.5. The van der Waals surface area contributed by atoms with Crippen LogP contribution in [-0.4, -0.2) is 42.8 Å². The maximum atomic E-state index is 11.7. The molecule has 0 aliphatic carbocycles. The average Bonchev–Trinajstić information content (AvgIpc) is 2.36. The predicted molar refractivity (Wildman–Crippen MR) is 62.5 cm³/mol. The number of esters is 1. The molecule has 1 unspecified atom stereocenters. The van der Waals surface area contributed by atoms with Crippen LogP contribution in [0.4, 0.5) is 4.79 Å². The molecule has 0 aromatic heterocycles.